The molecule has 80 valence electrons. The molecule has 0 saturated heterocycles. The lowest BCUT2D eigenvalue weighted by Crippen LogP contribution is -1.84. The van der Waals surface area contributed by atoms with E-state index in [1.165, 1.54) is 0 Å². The Morgan fingerprint density at radius 3 is 2.47 bits per heavy atom. The second-order valence-corrected chi connectivity index (χ2v) is 7.85. The van der Waals surface area contributed by atoms with Gasteiger partial charge in [0.1, 0.15) is 0 Å². The van der Waals surface area contributed by atoms with Gasteiger partial charge in [-0.15, -0.1) is 22.7 Å². The molecule has 1 unspecified atom stereocenters. The van der Waals surface area contributed by atoms with E-state index in [9.17, 15) is 0 Å². The van der Waals surface area contributed by atoms with E-state index in [1.54, 1.807) is 22.7 Å². The normalized spacial score (nSPS) is 13.1. The van der Waals surface area contributed by atoms with Crippen LogP contribution in [0.5, 0.6) is 0 Å². The van der Waals surface area contributed by atoms with E-state index in [0.717, 1.165) is 23.6 Å². The van der Waals surface area contributed by atoms with Crippen LogP contribution in [0.25, 0.3) is 0 Å². The van der Waals surface area contributed by atoms with Crippen molar-refractivity contribution in [2.75, 3.05) is 0 Å². The molecule has 0 fully saturated rings. The zero-order valence-electron chi connectivity index (χ0n) is 7.14. The lowest BCUT2D eigenvalue weighted by molar-refractivity contribution is 1.29. The predicted molar refractivity (Wildman–Crippen MR) is 77.1 cm³/mol. The van der Waals surface area contributed by atoms with Crippen molar-refractivity contribution in [2.24, 2.45) is 0 Å². The average Bonchev–Trinajstić information content (AvgIpc) is 2.74. The Morgan fingerprint density at radius 1 is 1.27 bits per heavy atom. The summed E-state index contributed by atoms with van der Waals surface area (Å²) in [7, 11) is 0. The number of alkyl halides is 1. The highest BCUT2D eigenvalue weighted by Gasteiger charge is 2.18. The maximum atomic E-state index is 6.07. The van der Waals surface area contributed by atoms with Crippen molar-refractivity contribution in [2.45, 2.75) is 4.83 Å². The van der Waals surface area contributed by atoms with Gasteiger partial charge in [-0.25, -0.2) is 0 Å². The van der Waals surface area contributed by atoms with Crippen LogP contribution in [-0.2, 0) is 0 Å². The Hall–Kier alpha value is 0.940. The third-order valence-electron chi connectivity index (χ3n) is 1.79. The number of hydrogen-bond acceptors (Lipinski definition) is 2. The molecule has 1 atom stereocenters. The van der Waals surface area contributed by atoms with Crippen LogP contribution in [0.15, 0.2) is 21.3 Å². The summed E-state index contributed by atoms with van der Waals surface area (Å²) in [6, 6.07) is 3.85. The van der Waals surface area contributed by atoms with Gasteiger partial charge in [-0.05, 0) is 33.4 Å². The van der Waals surface area contributed by atoms with E-state index in [4.69, 9.17) is 23.2 Å². The summed E-state index contributed by atoms with van der Waals surface area (Å²) in [5, 5.41) is 3.52. The average molecular weight is 407 g/mol. The lowest BCUT2D eigenvalue weighted by atomic mass is 10.3. The van der Waals surface area contributed by atoms with Gasteiger partial charge in [0.05, 0.1) is 18.7 Å². The Morgan fingerprint density at radius 2 is 2.00 bits per heavy atom. The van der Waals surface area contributed by atoms with Crippen molar-refractivity contribution < 1.29 is 0 Å². The van der Waals surface area contributed by atoms with Gasteiger partial charge in [0.15, 0.2) is 0 Å². The molecule has 0 N–H and O–H groups in total. The van der Waals surface area contributed by atoms with Gasteiger partial charge in [-0.2, -0.15) is 0 Å². The number of rotatable bonds is 2. The van der Waals surface area contributed by atoms with Gasteiger partial charge in [0.2, 0.25) is 0 Å². The molecule has 0 amide bonds. The van der Waals surface area contributed by atoms with Gasteiger partial charge in [-0.3, -0.25) is 0 Å². The Labute approximate surface area is 122 Å². The second kappa shape index (κ2) is 5.07. The van der Waals surface area contributed by atoms with Crippen LogP contribution in [-0.4, -0.2) is 0 Å². The van der Waals surface area contributed by atoms with Crippen molar-refractivity contribution in [3.05, 3.63) is 41.1 Å². The minimum absolute atomic E-state index is 0.124. The van der Waals surface area contributed by atoms with E-state index in [-0.39, 0.29) is 4.83 Å². The summed E-state index contributed by atoms with van der Waals surface area (Å²) in [5.74, 6) is 0. The van der Waals surface area contributed by atoms with E-state index in [2.05, 4.69) is 31.9 Å². The largest absolute Gasteiger partial charge is 0.146 e. The third-order valence-corrected chi connectivity index (χ3v) is 7.31. The Bertz CT molecular complexity index is 459. The molecular weight excluding hydrogens is 403 g/mol. The quantitative estimate of drug-likeness (QED) is 0.509. The molecule has 0 nitrogen and oxygen atoms in total. The van der Waals surface area contributed by atoms with Crippen LogP contribution in [0, 0.1) is 0 Å². The summed E-state index contributed by atoms with van der Waals surface area (Å²) < 4.78 is 0.955. The molecule has 2 rings (SSSR count). The number of halogens is 4. The summed E-state index contributed by atoms with van der Waals surface area (Å²) in [4.78, 5) is 2.39. The fourth-order valence-electron chi connectivity index (χ4n) is 1.10. The first-order valence-corrected chi connectivity index (χ1v) is 8.07. The molecule has 0 aliphatic carbocycles. The van der Waals surface area contributed by atoms with Crippen LogP contribution in [0.4, 0.5) is 0 Å². The fourth-order valence-corrected chi connectivity index (χ4v) is 5.19. The Balaban J connectivity index is 2.36. The molecule has 0 aliphatic heterocycles. The highest BCUT2D eigenvalue weighted by Crippen LogP contribution is 2.44. The molecule has 0 aromatic carbocycles. The second-order valence-electron chi connectivity index (χ2n) is 2.77. The summed E-state index contributed by atoms with van der Waals surface area (Å²) in [5.41, 5.74) is 0. The van der Waals surface area contributed by atoms with E-state index >= 15 is 0 Å². The van der Waals surface area contributed by atoms with Crippen LogP contribution < -0.4 is 0 Å². The smallest absolute Gasteiger partial charge is 0.0887 e. The van der Waals surface area contributed by atoms with Crippen molar-refractivity contribution in [3.8, 4) is 0 Å². The lowest BCUT2D eigenvalue weighted by Gasteiger charge is -2.04. The minimum atomic E-state index is 0.124. The molecule has 2 aromatic heterocycles. The van der Waals surface area contributed by atoms with E-state index < -0.39 is 0 Å². The van der Waals surface area contributed by atoms with Crippen LogP contribution in [0.2, 0.25) is 10.0 Å². The monoisotopic (exact) mass is 404 g/mol. The van der Waals surface area contributed by atoms with E-state index in [1.807, 2.05) is 17.5 Å². The number of thiophene rings is 2. The van der Waals surface area contributed by atoms with Gasteiger partial charge in [-0.1, -0.05) is 39.1 Å². The van der Waals surface area contributed by atoms with Crippen LogP contribution in [0.3, 0.4) is 0 Å². The molecule has 0 bridgehead atoms. The maximum Gasteiger partial charge on any atom is 0.0887 e. The van der Waals surface area contributed by atoms with Crippen molar-refractivity contribution in [3.63, 3.8) is 0 Å². The minimum Gasteiger partial charge on any atom is -0.146 e. The maximum absolute atomic E-state index is 6.07. The molecule has 6 heteroatoms. The van der Waals surface area contributed by atoms with Gasteiger partial charge < -0.3 is 0 Å². The third kappa shape index (κ3) is 2.61. The highest BCUT2D eigenvalue weighted by atomic mass is 79.9. The molecule has 0 aliphatic rings. The first-order valence-electron chi connectivity index (χ1n) is 3.91. The van der Waals surface area contributed by atoms with Crippen molar-refractivity contribution in [1.29, 1.82) is 0 Å². The zero-order valence-corrected chi connectivity index (χ0v) is 13.5. The number of hydrogen-bond donors (Lipinski definition) is 0. The first-order chi connectivity index (χ1) is 7.09. The first kappa shape index (κ1) is 12.4. The molecule has 0 spiro atoms. The van der Waals surface area contributed by atoms with Gasteiger partial charge in [0, 0.05) is 9.75 Å². The van der Waals surface area contributed by atoms with Crippen LogP contribution in [0.1, 0.15) is 14.6 Å². The molecule has 0 radical (unpaired) electrons. The van der Waals surface area contributed by atoms with Crippen molar-refractivity contribution in [1.82, 2.24) is 0 Å². The summed E-state index contributed by atoms with van der Waals surface area (Å²) >= 11 is 22.3. The van der Waals surface area contributed by atoms with Crippen molar-refractivity contribution >= 4 is 77.7 Å². The standard InChI is InChI=1S/C9H4Br2Cl2S2/c10-7(8-4(12)1-2-14-8)6-3-5(13)9(11)15-6/h1-3,7H. The highest BCUT2D eigenvalue weighted by molar-refractivity contribution is 9.11. The summed E-state index contributed by atoms with van der Waals surface area (Å²) in [6.07, 6.45) is 0. The molecule has 15 heavy (non-hydrogen) atoms. The SMILES string of the molecule is Clc1cc(C(Br)c2sccc2Cl)sc1Br. The fraction of sp³-hybridized carbons (Fsp3) is 0.111. The molecule has 2 heterocycles. The van der Waals surface area contributed by atoms with Gasteiger partial charge >= 0.3 is 0 Å². The van der Waals surface area contributed by atoms with Gasteiger partial charge in [0.25, 0.3) is 0 Å². The van der Waals surface area contributed by atoms with Crippen LogP contribution >= 0.6 is 77.7 Å². The molecule has 2 aromatic rings. The summed E-state index contributed by atoms with van der Waals surface area (Å²) in [6.45, 7) is 0. The zero-order chi connectivity index (χ0) is 11.0. The predicted octanol–water partition coefficient (Wildman–Crippen LogP) is 6.36. The molecule has 0 saturated carbocycles. The van der Waals surface area contributed by atoms with E-state index in [0.29, 0.717) is 0 Å². The topological polar surface area (TPSA) is 0 Å². The molecular formula is C9H4Br2Cl2S2. The Kier molecular flexibility index (Phi) is 4.19.